The fourth-order valence-corrected chi connectivity index (χ4v) is 4.13. The van der Waals surface area contributed by atoms with Gasteiger partial charge in [-0.1, -0.05) is 23.2 Å². The maximum absolute atomic E-state index is 12.4. The monoisotopic (exact) mass is 376 g/mol. The molecular weight excluding hydrogens is 367 g/mol. The van der Waals surface area contributed by atoms with Gasteiger partial charge in [0.2, 0.25) is 9.84 Å². The van der Waals surface area contributed by atoms with Crippen molar-refractivity contribution < 1.29 is 8.42 Å². The molecule has 6 nitrogen and oxygen atoms in total. The molecule has 1 aromatic heterocycles. The van der Waals surface area contributed by atoms with Gasteiger partial charge in [-0.2, -0.15) is 0 Å². The normalized spacial score (nSPS) is 11.6. The maximum atomic E-state index is 12.4. The topological polar surface area (TPSA) is 108 Å². The van der Waals surface area contributed by atoms with Crippen molar-refractivity contribution in [2.24, 2.45) is 0 Å². The molecule has 0 aliphatic rings. The Bertz CT molecular complexity index is 913. The van der Waals surface area contributed by atoms with Crippen LogP contribution in [0.4, 0.5) is 0 Å². The van der Waals surface area contributed by atoms with Crippen LogP contribution in [0.3, 0.4) is 0 Å². The Morgan fingerprint density at radius 3 is 2.14 bits per heavy atom. The second kappa shape index (κ2) is 6.11. The molecule has 0 atom stereocenters. The number of aryl methyl sites for hydroxylation is 1. The summed E-state index contributed by atoms with van der Waals surface area (Å²) >= 11 is 12.3. The molecule has 2 aromatic rings. The molecule has 0 saturated carbocycles. The van der Waals surface area contributed by atoms with Gasteiger partial charge in [0.05, 0.1) is 31.8 Å². The Morgan fingerprint density at radius 2 is 1.64 bits per heavy atom. The van der Waals surface area contributed by atoms with Crippen LogP contribution in [-0.2, 0) is 9.84 Å². The molecule has 0 amide bonds. The molecule has 0 fully saturated rings. The largest absolute Gasteiger partial charge is 0.298 e. The van der Waals surface area contributed by atoms with Crippen molar-refractivity contribution in [1.82, 2.24) is 9.97 Å². The maximum Gasteiger partial charge on any atom is 0.248 e. The van der Waals surface area contributed by atoms with E-state index >= 15 is 0 Å². The van der Waals surface area contributed by atoms with Crippen LogP contribution in [0.5, 0.6) is 0 Å². The Morgan fingerprint density at radius 1 is 1.14 bits per heavy atom. The zero-order chi connectivity index (χ0) is 16.7. The molecule has 1 aromatic carbocycles. The average molecular weight is 377 g/mol. The SMILES string of the molecule is CC(=N)SC(=N)S(=O)(=O)c1nc2cc(Cl)c(Cl)cc2nc1C. The van der Waals surface area contributed by atoms with Gasteiger partial charge >= 0.3 is 0 Å². The first-order valence-corrected chi connectivity index (χ1v) is 8.88. The lowest BCUT2D eigenvalue weighted by Crippen LogP contribution is -2.16. The number of aromatic nitrogens is 2. The smallest absolute Gasteiger partial charge is 0.248 e. The minimum Gasteiger partial charge on any atom is -0.298 e. The highest BCUT2D eigenvalue weighted by molar-refractivity contribution is 8.42. The van der Waals surface area contributed by atoms with Gasteiger partial charge in [-0.25, -0.2) is 18.4 Å². The molecule has 116 valence electrons. The molecule has 22 heavy (non-hydrogen) atoms. The van der Waals surface area contributed by atoms with E-state index in [4.69, 9.17) is 34.0 Å². The summed E-state index contributed by atoms with van der Waals surface area (Å²) in [5.74, 6) is 0. The molecule has 0 radical (unpaired) electrons. The summed E-state index contributed by atoms with van der Waals surface area (Å²) in [6.45, 7) is 2.88. The summed E-state index contributed by atoms with van der Waals surface area (Å²) < 4.78 is 24.1. The minimum atomic E-state index is -4.12. The fraction of sp³-hybridized carbons (Fsp3) is 0.167. The number of rotatable bonds is 1. The van der Waals surface area contributed by atoms with Gasteiger partial charge in [0.1, 0.15) is 0 Å². The van der Waals surface area contributed by atoms with Crippen molar-refractivity contribution in [3.05, 3.63) is 27.9 Å². The third-order valence-electron chi connectivity index (χ3n) is 2.58. The first-order valence-electron chi connectivity index (χ1n) is 5.83. The van der Waals surface area contributed by atoms with Crippen LogP contribution in [0.15, 0.2) is 17.2 Å². The quantitative estimate of drug-likeness (QED) is 0.582. The third-order valence-corrected chi connectivity index (χ3v) is 6.09. The average Bonchev–Trinajstić information content (AvgIpc) is 2.39. The number of nitrogens with zero attached hydrogens (tertiary/aromatic N) is 2. The second-order valence-corrected chi connectivity index (χ2v) is 8.42. The van der Waals surface area contributed by atoms with Crippen molar-refractivity contribution >= 4 is 65.3 Å². The van der Waals surface area contributed by atoms with E-state index in [-0.39, 0.29) is 26.3 Å². The van der Waals surface area contributed by atoms with Gasteiger partial charge in [-0.3, -0.25) is 10.8 Å². The molecule has 0 saturated heterocycles. The van der Waals surface area contributed by atoms with Crippen LogP contribution in [0.1, 0.15) is 12.6 Å². The molecule has 0 aliphatic heterocycles. The molecule has 0 aliphatic carbocycles. The zero-order valence-electron chi connectivity index (χ0n) is 11.4. The molecular formula is C12H10Cl2N4O2S2. The molecule has 0 spiro atoms. The second-order valence-electron chi connectivity index (χ2n) is 4.32. The van der Waals surface area contributed by atoms with Crippen LogP contribution in [0.2, 0.25) is 10.0 Å². The summed E-state index contributed by atoms with van der Waals surface area (Å²) in [5, 5.41) is 15.2. The summed E-state index contributed by atoms with van der Waals surface area (Å²) in [6, 6.07) is 2.92. The van der Waals surface area contributed by atoms with E-state index in [1.54, 1.807) is 0 Å². The van der Waals surface area contributed by atoms with Gasteiger partial charge in [0, 0.05) is 0 Å². The van der Waals surface area contributed by atoms with Crippen molar-refractivity contribution in [2.45, 2.75) is 18.9 Å². The van der Waals surface area contributed by atoms with E-state index in [0.29, 0.717) is 22.3 Å². The van der Waals surface area contributed by atoms with E-state index in [1.165, 1.54) is 26.0 Å². The number of halogens is 2. The van der Waals surface area contributed by atoms with Gasteiger partial charge in [0.15, 0.2) is 9.40 Å². The molecule has 1 heterocycles. The van der Waals surface area contributed by atoms with Crippen molar-refractivity contribution in [1.29, 1.82) is 10.8 Å². The number of thioether (sulfide) groups is 1. The summed E-state index contributed by atoms with van der Waals surface area (Å²) in [4.78, 5) is 8.22. The van der Waals surface area contributed by atoms with Gasteiger partial charge < -0.3 is 0 Å². The van der Waals surface area contributed by atoms with E-state index in [1.807, 2.05) is 0 Å². The number of nitrogens with one attached hydrogen (secondary N) is 2. The van der Waals surface area contributed by atoms with Gasteiger partial charge in [-0.05, 0) is 37.7 Å². The van der Waals surface area contributed by atoms with Gasteiger partial charge in [-0.15, -0.1) is 0 Å². The minimum absolute atomic E-state index is 0.00481. The molecule has 0 bridgehead atoms. The number of hydrogen-bond acceptors (Lipinski definition) is 7. The van der Waals surface area contributed by atoms with Crippen LogP contribution in [0, 0.1) is 17.7 Å². The van der Waals surface area contributed by atoms with Gasteiger partial charge in [0.25, 0.3) is 0 Å². The predicted octanol–water partition coefficient (Wildman–Crippen LogP) is 3.68. The Labute approximate surface area is 141 Å². The Hall–Kier alpha value is -1.22. The highest BCUT2D eigenvalue weighted by Gasteiger charge is 2.27. The first kappa shape index (κ1) is 17.1. The summed E-state index contributed by atoms with van der Waals surface area (Å²) in [7, 11) is -4.12. The van der Waals surface area contributed by atoms with E-state index in [0.717, 1.165) is 0 Å². The molecule has 2 N–H and O–H groups in total. The summed E-state index contributed by atoms with van der Waals surface area (Å²) in [5.41, 5.74) is 0.829. The number of fused-ring (bicyclic) bond motifs is 1. The van der Waals surface area contributed by atoms with Crippen molar-refractivity contribution in [3.8, 4) is 0 Å². The number of sulfone groups is 1. The van der Waals surface area contributed by atoms with E-state index < -0.39 is 14.2 Å². The Balaban J connectivity index is 2.65. The van der Waals surface area contributed by atoms with Crippen LogP contribution < -0.4 is 0 Å². The van der Waals surface area contributed by atoms with Crippen LogP contribution in [-0.4, -0.2) is 27.8 Å². The van der Waals surface area contributed by atoms with Crippen LogP contribution in [0.25, 0.3) is 11.0 Å². The number of benzene rings is 1. The van der Waals surface area contributed by atoms with Crippen molar-refractivity contribution in [2.75, 3.05) is 0 Å². The molecule has 2 rings (SSSR count). The van der Waals surface area contributed by atoms with E-state index in [2.05, 4.69) is 9.97 Å². The lowest BCUT2D eigenvalue weighted by atomic mass is 10.3. The summed E-state index contributed by atoms with van der Waals surface area (Å²) in [6.07, 6.45) is 0. The molecule has 10 heteroatoms. The standard InChI is InChI=1S/C12H10Cl2N4O2S2/c1-5-11(22(19,20)12(16)21-6(2)15)18-10-4-8(14)7(13)3-9(10)17-5/h3-4,15-16H,1-2H3. The first-order chi connectivity index (χ1) is 10.1. The fourth-order valence-electron chi connectivity index (χ4n) is 1.66. The van der Waals surface area contributed by atoms with Crippen molar-refractivity contribution in [3.63, 3.8) is 0 Å². The van der Waals surface area contributed by atoms with Crippen LogP contribution >= 0.6 is 35.0 Å². The highest BCUT2D eigenvalue weighted by Crippen LogP contribution is 2.28. The van der Waals surface area contributed by atoms with E-state index in [9.17, 15) is 8.42 Å². The number of hydrogen-bond donors (Lipinski definition) is 2. The lowest BCUT2D eigenvalue weighted by Gasteiger charge is -2.08. The third kappa shape index (κ3) is 3.24. The Kier molecular flexibility index (Phi) is 4.76. The lowest BCUT2D eigenvalue weighted by molar-refractivity contribution is 0.603. The predicted molar refractivity (Wildman–Crippen MR) is 90.2 cm³/mol. The highest BCUT2D eigenvalue weighted by atomic mass is 35.5. The molecule has 0 unspecified atom stereocenters. The zero-order valence-corrected chi connectivity index (χ0v) is 14.6.